The first-order valence-electron chi connectivity index (χ1n) is 7.93. The summed E-state index contributed by atoms with van der Waals surface area (Å²) in [4.78, 5) is 12.1. The fraction of sp³-hybridized carbons (Fsp3) is 0.750. The Balaban J connectivity index is 2.61. The molecule has 0 aromatic carbocycles. The van der Waals surface area contributed by atoms with Crippen molar-refractivity contribution in [2.24, 2.45) is 5.92 Å². The predicted octanol–water partition coefficient (Wildman–Crippen LogP) is 2.69. The number of nitrogens with zero attached hydrogens (tertiary/aromatic N) is 2. The lowest BCUT2D eigenvalue weighted by Crippen LogP contribution is -2.29. The third-order valence-corrected chi connectivity index (χ3v) is 3.94. The highest BCUT2D eigenvalue weighted by Crippen LogP contribution is 2.17. The number of aryl methyl sites for hydroxylation is 1. The number of nitrogens with one attached hydrogen (secondary N) is 1. The summed E-state index contributed by atoms with van der Waals surface area (Å²) < 4.78 is 1.94. The van der Waals surface area contributed by atoms with Crippen LogP contribution in [0.2, 0.25) is 0 Å². The average molecular weight is 295 g/mol. The summed E-state index contributed by atoms with van der Waals surface area (Å²) in [6, 6.07) is 2.17. The quantitative estimate of drug-likeness (QED) is 0.775. The summed E-state index contributed by atoms with van der Waals surface area (Å²) in [6.45, 7) is 10.6. The van der Waals surface area contributed by atoms with E-state index in [4.69, 9.17) is 0 Å². The fourth-order valence-electron chi connectivity index (χ4n) is 2.36. The van der Waals surface area contributed by atoms with E-state index in [1.807, 2.05) is 31.5 Å². The molecule has 1 amide bonds. The van der Waals surface area contributed by atoms with Crippen LogP contribution in [0.25, 0.3) is 0 Å². The largest absolute Gasteiger partial charge is 0.393 e. The first-order valence-corrected chi connectivity index (χ1v) is 7.93. The molecule has 2 N–H and O–H groups in total. The van der Waals surface area contributed by atoms with Gasteiger partial charge in [0.25, 0.3) is 5.91 Å². The van der Waals surface area contributed by atoms with E-state index in [-0.39, 0.29) is 17.9 Å². The number of hydrogen-bond acceptors (Lipinski definition) is 3. The van der Waals surface area contributed by atoms with Crippen LogP contribution in [-0.2, 0) is 0 Å². The van der Waals surface area contributed by atoms with Crippen molar-refractivity contribution in [2.75, 3.05) is 6.54 Å². The zero-order valence-corrected chi connectivity index (χ0v) is 13.9. The maximum absolute atomic E-state index is 12.1. The fourth-order valence-corrected chi connectivity index (χ4v) is 2.36. The Morgan fingerprint density at radius 2 is 2.00 bits per heavy atom. The maximum atomic E-state index is 12.1. The van der Waals surface area contributed by atoms with Gasteiger partial charge in [-0.25, -0.2) is 0 Å². The number of rotatable bonds is 8. The molecule has 0 saturated heterocycles. The van der Waals surface area contributed by atoms with Crippen LogP contribution in [0.5, 0.6) is 0 Å². The van der Waals surface area contributed by atoms with Gasteiger partial charge in [-0.3, -0.25) is 9.48 Å². The third kappa shape index (κ3) is 4.84. The summed E-state index contributed by atoms with van der Waals surface area (Å²) in [5.41, 5.74) is 1.47. The highest BCUT2D eigenvalue weighted by atomic mass is 16.3. The first kappa shape index (κ1) is 17.7. The van der Waals surface area contributed by atoms with Gasteiger partial charge in [0.2, 0.25) is 0 Å². The van der Waals surface area contributed by atoms with Crippen molar-refractivity contribution in [1.82, 2.24) is 15.1 Å². The molecule has 1 unspecified atom stereocenters. The lowest BCUT2D eigenvalue weighted by molar-refractivity contribution is 0.0914. The number of carbonyl (C=O) groups is 1. The summed E-state index contributed by atoms with van der Waals surface area (Å²) in [5, 5.41) is 17.0. The van der Waals surface area contributed by atoms with E-state index in [1.54, 1.807) is 0 Å². The number of hydrogen-bond donors (Lipinski definition) is 2. The zero-order chi connectivity index (χ0) is 16.0. The molecule has 120 valence electrons. The Morgan fingerprint density at radius 3 is 2.52 bits per heavy atom. The minimum absolute atomic E-state index is 0.168. The van der Waals surface area contributed by atoms with Crippen LogP contribution in [0.4, 0.5) is 0 Å². The maximum Gasteiger partial charge on any atom is 0.271 e. The van der Waals surface area contributed by atoms with Gasteiger partial charge in [-0.1, -0.05) is 27.7 Å². The Kier molecular flexibility index (Phi) is 6.89. The monoisotopic (exact) mass is 295 g/mol. The summed E-state index contributed by atoms with van der Waals surface area (Å²) in [7, 11) is 0. The second kappa shape index (κ2) is 8.17. The smallest absolute Gasteiger partial charge is 0.271 e. The molecule has 5 nitrogen and oxygen atoms in total. The van der Waals surface area contributed by atoms with Crippen LogP contribution in [0, 0.1) is 12.8 Å². The highest BCUT2D eigenvalue weighted by molar-refractivity contribution is 5.92. The zero-order valence-electron chi connectivity index (χ0n) is 13.9. The number of aromatic nitrogens is 2. The van der Waals surface area contributed by atoms with Gasteiger partial charge >= 0.3 is 0 Å². The van der Waals surface area contributed by atoms with Crippen molar-refractivity contribution < 1.29 is 9.90 Å². The number of amides is 1. The van der Waals surface area contributed by atoms with Crippen molar-refractivity contribution in [3.63, 3.8) is 0 Å². The number of aliphatic hydroxyl groups is 1. The molecule has 1 aromatic rings. The van der Waals surface area contributed by atoms with Gasteiger partial charge < -0.3 is 10.4 Å². The third-order valence-electron chi connectivity index (χ3n) is 3.94. The summed E-state index contributed by atoms with van der Waals surface area (Å²) >= 11 is 0. The van der Waals surface area contributed by atoms with Gasteiger partial charge in [-0.2, -0.15) is 5.10 Å². The molecule has 0 aliphatic rings. The molecule has 0 aliphatic heterocycles. The van der Waals surface area contributed by atoms with E-state index in [9.17, 15) is 9.90 Å². The molecule has 0 spiro atoms. The standard InChI is InChI=1S/C16H29N3O2/c1-6-13(7-2)19-12(5)10-14(18-19)16(21)17-9-8-15(20)11(3)4/h10-11,13,15,20H,6-9H2,1-5H3,(H,17,21). The lowest BCUT2D eigenvalue weighted by Gasteiger charge is -2.15. The Bertz CT molecular complexity index is 450. The van der Waals surface area contributed by atoms with E-state index < -0.39 is 0 Å². The lowest BCUT2D eigenvalue weighted by atomic mass is 10.0. The van der Waals surface area contributed by atoms with Gasteiger partial charge in [0.05, 0.1) is 12.1 Å². The summed E-state index contributed by atoms with van der Waals surface area (Å²) in [6.07, 6.45) is 2.19. The SMILES string of the molecule is CCC(CC)n1nc(C(=O)NCCC(O)C(C)C)cc1C. The molecule has 1 aromatic heterocycles. The normalized spacial score (nSPS) is 13.0. The van der Waals surface area contributed by atoms with Gasteiger partial charge in [-0.15, -0.1) is 0 Å². The van der Waals surface area contributed by atoms with Crippen LogP contribution in [0.15, 0.2) is 6.07 Å². The van der Waals surface area contributed by atoms with Crippen molar-refractivity contribution >= 4 is 5.91 Å². The van der Waals surface area contributed by atoms with Gasteiger partial charge in [0, 0.05) is 12.2 Å². The van der Waals surface area contributed by atoms with E-state index in [1.165, 1.54) is 0 Å². The van der Waals surface area contributed by atoms with E-state index in [0.29, 0.717) is 24.7 Å². The molecule has 0 aliphatic carbocycles. The van der Waals surface area contributed by atoms with E-state index >= 15 is 0 Å². The van der Waals surface area contributed by atoms with E-state index in [0.717, 1.165) is 18.5 Å². The van der Waals surface area contributed by atoms with Crippen LogP contribution >= 0.6 is 0 Å². The molecule has 1 atom stereocenters. The molecule has 5 heteroatoms. The topological polar surface area (TPSA) is 67.2 Å². The number of carbonyl (C=O) groups excluding carboxylic acids is 1. The molecule has 0 radical (unpaired) electrons. The summed E-state index contributed by atoms with van der Waals surface area (Å²) in [5.74, 6) is 0.0389. The van der Waals surface area contributed by atoms with Crippen LogP contribution in [0.3, 0.4) is 0 Å². The minimum atomic E-state index is -0.380. The van der Waals surface area contributed by atoms with Gasteiger partial charge in [-0.05, 0) is 38.2 Å². The molecule has 1 rings (SSSR count). The van der Waals surface area contributed by atoms with Crippen molar-refractivity contribution in [3.8, 4) is 0 Å². The van der Waals surface area contributed by atoms with Crippen molar-refractivity contribution in [1.29, 1.82) is 0 Å². The highest BCUT2D eigenvalue weighted by Gasteiger charge is 2.16. The Morgan fingerprint density at radius 1 is 1.38 bits per heavy atom. The molecule has 0 bridgehead atoms. The molecular formula is C16H29N3O2. The van der Waals surface area contributed by atoms with Crippen molar-refractivity contribution in [3.05, 3.63) is 17.5 Å². The Hall–Kier alpha value is -1.36. The van der Waals surface area contributed by atoms with Crippen LogP contribution < -0.4 is 5.32 Å². The molecule has 0 fully saturated rings. The van der Waals surface area contributed by atoms with Crippen molar-refractivity contribution in [2.45, 2.75) is 66.0 Å². The molecular weight excluding hydrogens is 266 g/mol. The van der Waals surface area contributed by atoms with E-state index in [2.05, 4.69) is 24.3 Å². The van der Waals surface area contributed by atoms with Crippen LogP contribution in [0.1, 0.15) is 69.2 Å². The molecule has 0 saturated carbocycles. The molecule has 21 heavy (non-hydrogen) atoms. The average Bonchev–Trinajstić information content (AvgIpc) is 2.82. The molecule has 1 heterocycles. The minimum Gasteiger partial charge on any atom is -0.393 e. The number of aliphatic hydroxyl groups excluding tert-OH is 1. The second-order valence-corrected chi connectivity index (χ2v) is 5.94. The first-order chi connectivity index (χ1) is 9.90. The van der Waals surface area contributed by atoms with Crippen LogP contribution in [-0.4, -0.2) is 33.4 Å². The van der Waals surface area contributed by atoms with Gasteiger partial charge in [0.1, 0.15) is 5.69 Å². The van der Waals surface area contributed by atoms with Gasteiger partial charge in [0.15, 0.2) is 0 Å². The Labute approximate surface area is 127 Å². The predicted molar refractivity (Wildman–Crippen MR) is 84.4 cm³/mol. The second-order valence-electron chi connectivity index (χ2n) is 5.94.